The first-order chi connectivity index (χ1) is 3.66. The van der Waals surface area contributed by atoms with Crippen molar-refractivity contribution in [1.82, 2.24) is 0 Å². The van der Waals surface area contributed by atoms with Crippen LogP contribution in [0.2, 0.25) is 0 Å². The summed E-state index contributed by atoms with van der Waals surface area (Å²) in [5.74, 6) is 1.13. The third-order valence-corrected chi connectivity index (χ3v) is 0.609. The molecule has 0 saturated carbocycles. The van der Waals surface area contributed by atoms with Gasteiger partial charge in [0.25, 0.3) is 0 Å². The van der Waals surface area contributed by atoms with Crippen molar-refractivity contribution in [2.75, 3.05) is 0 Å². The minimum atomic E-state index is -0.963. The molecule has 0 fully saturated rings. The highest BCUT2D eigenvalue weighted by Gasteiger charge is 2.01. The predicted octanol–water partition coefficient (Wildman–Crippen LogP) is -0.578. The van der Waals surface area contributed by atoms with E-state index in [0.717, 1.165) is 0 Å². The third kappa shape index (κ3) is 3.19. The van der Waals surface area contributed by atoms with Crippen LogP contribution in [-0.4, -0.2) is 17.1 Å². The number of carbonyl (C=O) groups is 1. The van der Waals surface area contributed by atoms with Crippen LogP contribution in [0.3, 0.4) is 0 Å². The Bertz CT molecular complexity index is 125. The maximum atomic E-state index is 9.79. The zero-order valence-corrected chi connectivity index (χ0v) is 4.29. The van der Waals surface area contributed by atoms with E-state index in [1.807, 2.05) is 0 Å². The van der Waals surface area contributed by atoms with E-state index in [9.17, 15) is 4.79 Å². The van der Waals surface area contributed by atoms with Crippen molar-refractivity contribution in [2.24, 2.45) is 5.73 Å². The molecule has 8 heavy (non-hydrogen) atoms. The molecule has 0 saturated heterocycles. The topological polar surface area (TPSA) is 63.3 Å². The molecular weight excluding hydrogens is 106 g/mol. The van der Waals surface area contributed by atoms with Crippen molar-refractivity contribution in [3.8, 4) is 12.3 Å². The number of hydrogen-bond donors (Lipinski definition) is 2. The van der Waals surface area contributed by atoms with Gasteiger partial charge in [-0.3, -0.25) is 4.79 Å². The summed E-state index contributed by atoms with van der Waals surface area (Å²) < 4.78 is 0. The van der Waals surface area contributed by atoms with Gasteiger partial charge in [0.05, 0.1) is 12.5 Å². The van der Waals surface area contributed by atoms with E-state index in [4.69, 9.17) is 17.3 Å². The van der Waals surface area contributed by atoms with E-state index in [1.54, 1.807) is 0 Å². The molecule has 0 aromatic heterocycles. The average molecular weight is 113 g/mol. The van der Waals surface area contributed by atoms with Crippen LogP contribution in [0.5, 0.6) is 0 Å². The second-order valence-electron chi connectivity index (χ2n) is 1.37. The summed E-state index contributed by atoms with van der Waals surface area (Å²) in [4.78, 5) is 9.79. The quantitative estimate of drug-likeness (QED) is 0.471. The molecule has 0 spiro atoms. The SMILES string of the molecule is C#C[C@@H](N)CC(=O)O. The van der Waals surface area contributed by atoms with E-state index in [1.165, 1.54) is 0 Å². The molecule has 3 N–H and O–H groups in total. The van der Waals surface area contributed by atoms with Crippen molar-refractivity contribution in [2.45, 2.75) is 12.5 Å². The summed E-state index contributed by atoms with van der Waals surface area (Å²) in [5.41, 5.74) is 5.06. The van der Waals surface area contributed by atoms with Gasteiger partial charge in [0.2, 0.25) is 0 Å². The van der Waals surface area contributed by atoms with Gasteiger partial charge in [-0.15, -0.1) is 6.42 Å². The Labute approximate surface area is 47.5 Å². The Morgan fingerprint density at radius 1 is 2.00 bits per heavy atom. The number of aliphatic carboxylic acids is 1. The lowest BCUT2D eigenvalue weighted by Gasteiger charge is -1.94. The number of terminal acetylenes is 1. The Balaban J connectivity index is 3.43. The van der Waals surface area contributed by atoms with E-state index < -0.39 is 12.0 Å². The van der Waals surface area contributed by atoms with Crippen LogP contribution in [0, 0.1) is 12.3 Å². The van der Waals surface area contributed by atoms with Gasteiger partial charge in [-0.25, -0.2) is 0 Å². The van der Waals surface area contributed by atoms with E-state index in [0.29, 0.717) is 0 Å². The minimum absolute atomic E-state index is 0.156. The second kappa shape index (κ2) is 3.05. The van der Waals surface area contributed by atoms with E-state index in [2.05, 4.69) is 5.92 Å². The molecule has 3 heteroatoms. The fraction of sp³-hybridized carbons (Fsp3) is 0.400. The van der Waals surface area contributed by atoms with Crippen LogP contribution in [-0.2, 0) is 4.79 Å². The van der Waals surface area contributed by atoms with Gasteiger partial charge in [-0.05, 0) is 0 Å². The molecule has 0 aromatic carbocycles. The highest BCUT2D eigenvalue weighted by Crippen LogP contribution is 1.82. The molecule has 0 aliphatic carbocycles. The lowest BCUT2D eigenvalue weighted by Crippen LogP contribution is -2.20. The van der Waals surface area contributed by atoms with Crippen molar-refractivity contribution >= 4 is 5.97 Å². The molecule has 1 atom stereocenters. The van der Waals surface area contributed by atoms with Crippen LogP contribution in [0.25, 0.3) is 0 Å². The maximum absolute atomic E-state index is 9.79. The van der Waals surface area contributed by atoms with Gasteiger partial charge < -0.3 is 10.8 Å². The van der Waals surface area contributed by atoms with Crippen LogP contribution in [0.15, 0.2) is 0 Å². The Morgan fingerprint density at radius 2 is 2.50 bits per heavy atom. The largest absolute Gasteiger partial charge is 0.481 e. The molecular formula is C5H7NO2. The van der Waals surface area contributed by atoms with Crippen LogP contribution in [0.1, 0.15) is 6.42 Å². The van der Waals surface area contributed by atoms with Gasteiger partial charge in [0.1, 0.15) is 0 Å². The number of nitrogens with two attached hydrogens (primary N) is 1. The third-order valence-electron chi connectivity index (χ3n) is 0.609. The van der Waals surface area contributed by atoms with Crippen LogP contribution in [0.4, 0.5) is 0 Å². The summed E-state index contributed by atoms with van der Waals surface area (Å²) in [7, 11) is 0. The number of hydrogen-bond acceptors (Lipinski definition) is 2. The maximum Gasteiger partial charge on any atom is 0.305 e. The predicted molar refractivity (Wildman–Crippen MR) is 29.1 cm³/mol. The summed E-state index contributed by atoms with van der Waals surface area (Å²) in [6.45, 7) is 0. The smallest absolute Gasteiger partial charge is 0.305 e. The molecule has 0 radical (unpaired) electrons. The first kappa shape index (κ1) is 6.99. The second-order valence-corrected chi connectivity index (χ2v) is 1.37. The molecule has 3 nitrogen and oxygen atoms in total. The molecule has 44 valence electrons. The first-order valence-corrected chi connectivity index (χ1v) is 2.10. The summed E-state index contributed by atoms with van der Waals surface area (Å²) in [5, 5.41) is 8.04. The van der Waals surface area contributed by atoms with Crippen LogP contribution < -0.4 is 5.73 Å². The van der Waals surface area contributed by atoms with E-state index >= 15 is 0 Å². The average Bonchev–Trinajstić information content (AvgIpc) is 1.65. The van der Waals surface area contributed by atoms with Crippen molar-refractivity contribution in [3.05, 3.63) is 0 Å². The van der Waals surface area contributed by atoms with Crippen molar-refractivity contribution < 1.29 is 9.90 Å². The van der Waals surface area contributed by atoms with Crippen molar-refractivity contribution in [3.63, 3.8) is 0 Å². The minimum Gasteiger partial charge on any atom is -0.481 e. The molecule has 0 aliphatic rings. The van der Waals surface area contributed by atoms with Crippen LogP contribution >= 0.6 is 0 Å². The number of carboxylic acid groups (broad SMARTS) is 1. The lowest BCUT2D eigenvalue weighted by molar-refractivity contribution is -0.137. The molecule has 0 amide bonds. The Hall–Kier alpha value is -1.01. The molecule has 0 bridgehead atoms. The zero-order valence-electron chi connectivity index (χ0n) is 4.29. The number of rotatable bonds is 2. The van der Waals surface area contributed by atoms with Crippen molar-refractivity contribution in [1.29, 1.82) is 0 Å². The monoisotopic (exact) mass is 113 g/mol. The van der Waals surface area contributed by atoms with Gasteiger partial charge in [-0.1, -0.05) is 5.92 Å². The van der Waals surface area contributed by atoms with Gasteiger partial charge in [0.15, 0.2) is 0 Å². The fourth-order valence-corrected chi connectivity index (χ4v) is 0.247. The number of carboxylic acids is 1. The first-order valence-electron chi connectivity index (χ1n) is 2.10. The molecule has 0 aliphatic heterocycles. The zero-order chi connectivity index (χ0) is 6.57. The standard InChI is InChI=1S/C5H7NO2/c1-2-4(6)3-5(7)8/h1,4H,3,6H2,(H,7,8)/t4-/m1/s1. The molecule has 0 unspecified atom stereocenters. The normalized spacial score (nSPS) is 12.0. The molecule has 0 heterocycles. The summed E-state index contributed by atoms with van der Waals surface area (Å²) in [6, 6.07) is -0.646. The summed E-state index contributed by atoms with van der Waals surface area (Å²) >= 11 is 0. The Morgan fingerprint density at radius 3 is 2.62 bits per heavy atom. The lowest BCUT2D eigenvalue weighted by atomic mass is 10.2. The van der Waals surface area contributed by atoms with Gasteiger partial charge >= 0.3 is 5.97 Å². The van der Waals surface area contributed by atoms with Gasteiger partial charge in [0, 0.05) is 0 Å². The van der Waals surface area contributed by atoms with E-state index in [-0.39, 0.29) is 6.42 Å². The van der Waals surface area contributed by atoms with Gasteiger partial charge in [-0.2, -0.15) is 0 Å². The Kier molecular flexibility index (Phi) is 2.67. The summed E-state index contributed by atoms with van der Waals surface area (Å²) in [6.07, 6.45) is 4.63. The molecule has 0 aromatic rings. The highest BCUT2D eigenvalue weighted by atomic mass is 16.4. The highest BCUT2D eigenvalue weighted by molar-refractivity contribution is 5.68. The molecule has 0 rings (SSSR count). The fourth-order valence-electron chi connectivity index (χ4n) is 0.247.